The highest BCUT2D eigenvalue weighted by Crippen LogP contribution is 2.25. The molecule has 0 aliphatic rings. The first-order valence-corrected chi connectivity index (χ1v) is 6.63. The van der Waals surface area contributed by atoms with Gasteiger partial charge in [-0.05, 0) is 12.1 Å². The number of amides is 1. The number of nitrogens with one attached hydrogen (secondary N) is 2. The first kappa shape index (κ1) is 17.1. The molecule has 1 amide bonds. The quantitative estimate of drug-likeness (QED) is 0.789. The van der Waals surface area contributed by atoms with Gasteiger partial charge in [-0.25, -0.2) is 4.98 Å². The van der Waals surface area contributed by atoms with Crippen LogP contribution in [0.15, 0.2) is 24.3 Å². The second-order valence-electron chi connectivity index (χ2n) is 4.83. The number of aromatic amines is 1. The molecule has 1 aromatic carbocycles. The molecule has 0 saturated carbocycles. The lowest BCUT2D eigenvalue weighted by atomic mass is 10.1. The summed E-state index contributed by atoms with van der Waals surface area (Å²) in [5.74, 6) is 1.57. The van der Waals surface area contributed by atoms with Crippen molar-refractivity contribution in [2.75, 3.05) is 11.9 Å². The van der Waals surface area contributed by atoms with Crippen LogP contribution in [-0.2, 0) is 4.79 Å². The number of aromatic nitrogens is 3. The average molecular weight is 310 g/mol. The van der Waals surface area contributed by atoms with Gasteiger partial charge in [0.05, 0.1) is 5.69 Å². The monoisotopic (exact) mass is 309 g/mol. The molecule has 0 unspecified atom stereocenters. The third-order valence-electron chi connectivity index (χ3n) is 2.86. The van der Waals surface area contributed by atoms with Crippen LogP contribution in [0.1, 0.15) is 32.0 Å². The summed E-state index contributed by atoms with van der Waals surface area (Å²) >= 11 is 0. The van der Waals surface area contributed by atoms with Gasteiger partial charge in [0.25, 0.3) is 0 Å². The molecule has 2 aromatic rings. The third-order valence-corrected chi connectivity index (χ3v) is 2.86. The Morgan fingerprint density at radius 3 is 2.71 bits per heavy atom. The van der Waals surface area contributed by atoms with E-state index in [0.29, 0.717) is 24.5 Å². The number of rotatable bonds is 5. The second kappa shape index (κ2) is 7.75. The van der Waals surface area contributed by atoms with E-state index in [4.69, 9.17) is 5.73 Å². The molecular weight excluding hydrogens is 290 g/mol. The summed E-state index contributed by atoms with van der Waals surface area (Å²) in [6, 6.07) is 7.46. The molecule has 1 heterocycles. The molecule has 6 nitrogen and oxygen atoms in total. The fraction of sp³-hybridized carbons (Fsp3) is 0.357. The normalized spacial score (nSPS) is 10.3. The zero-order valence-corrected chi connectivity index (χ0v) is 12.9. The van der Waals surface area contributed by atoms with Crippen molar-refractivity contribution >= 4 is 24.0 Å². The minimum absolute atomic E-state index is 0. The fourth-order valence-electron chi connectivity index (χ4n) is 1.78. The van der Waals surface area contributed by atoms with E-state index in [9.17, 15) is 4.79 Å². The Kier molecular flexibility index (Phi) is 6.33. The Balaban J connectivity index is 0.00000220. The molecule has 0 radical (unpaired) electrons. The van der Waals surface area contributed by atoms with Crippen LogP contribution in [0.25, 0.3) is 11.4 Å². The summed E-state index contributed by atoms with van der Waals surface area (Å²) in [5, 5.41) is 9.96. The molecule has 7 heteroatoms. The smallest absolute Gasteiger partial charge is 0.225 e. The van der Waals surface area contributed by atoms with Gasteiger partial charge in [0.15, 0.2) is 5.82 Å². The maximum absolute atomic E-state index is 11.7. The SMILES string of the molecule is CC(C)c1nc(-c2ccccc2NC(=O)CCN)n[nH]1.Cl. The lowest BCUT2D eigenvalue weighted by molar-refractivity contribution is -0.116. The van der Waals surface area contributed by atoms with Crippen LogP contribution < -0.4 is 11.1 Å². The third kappa shape index (κ3) is 4.27. The molecule has 0 atom stereocenters. The van der Waals surface area contributed by atoms with Crippen LogP contribution in [0.4, 0.5) is 5.69 Å². The second-order valence-corrected chi connectivity index (χ2v) is 4.83. The minimum Gasteiger partial charge on any atom is -0.330 e. The van der Waals surface area contributed by atoms with Crippen molar-refractivity contribution in [2.24, 2.45) is 5.73 Å². The number of hydrogen-bond donors (Lipinski definition) is 3. The first-order valence-electron chi connectivity index (χ1n) is 6.63. The topological polar surface area (TPSA) is 96.7 Å². The summed E-state index contributed by atoms with van der Waals surface area (Å²) in [7, 11) is 0. The highest BCUT2D eigenvalue weighted by Gasteiger charge is 2.13. The Morgan fingerprint density at radius 1 is 1.38 bits per heavy atom. The number of H-pyrrole nitrogens is 1. The predicted octanol–water partition coefficient (Wildman–Crippen LogP) is 2.30. The molecule has 2 rings (SSSR count). The molecule has 1 aromatic heterocycles. The van der Waals surface area contributed by atoms with Gasteiger partial charge < -0.3 is 11.1 Å². The number of carbonyl (C=O) groups excluding carboxylic acids is 1. The molecule has 0 aliphatic carbocycles. The number of carbonyl (C=O) groups is 1. The standard InChI is InChI=1S/C14H19N5O.ClH/c1-9(2)13-17-14(19-18-13)10-5-3-4-6-11(10)16-12(20)7-8-15;/h3-6,9H,7-8,15H2,1-2H3,(H,16,20)(H,17,18,19);1H. The zero-order chi connectivity index (χ0) is 14.5. The number of hydrogen-bond acceptors (Lipinski definition) is 4. The van der Waals surface area contributed by atoms with Crippen molar-refractivity contribution in [3.05, 3.63) is 30.1 Å². The number of anilines is 1. The van der Waals surface area contributed by atoms with Crippen molar-refractivity contribution in [3.63, 3.8) is 0 Å². The maximum Gasteiger partial charge on any atom is 0.225 e. The van der Waals surface area contributed by atoms with Gasteiger partial charge in [-0.3, -0.25) is 9.89 Å². The molecule has 4 N–H and O–H groups in total. The van der Waals surface area contributed by atoms with Crippen molar-refractivity contribution < 1.29 is 4.79 Å². The van der Waals surface area contributed by atoms with E-state index in [1.165, 1.54) is 0 Å². The number of nitrogens with zero attached hydrogens (tertiary/aromatic N) is 2. The van der Waals surface area contributed by atoms with E-state index in [-0.39, 0.29) is 24.2 Å². The molecule has 0 spiro atoms. The van der Waals surface area contributed by atoms with Gasteiger partial charge in [0.2, 0.25) is 5.91 Å². The van der Waals surface area contributed by atoms with Crippen LogP contribution >= 0.6 is 12.4 Å². The van der Waals surface area contributed by atoms with E-state index in [2.05, 4.69) is 20.5 Å². The summed E-state index contributed by atoms with van der Waals surface area (Å²) in [6.45, 7) is 4.41. The molecule has 0 bridgehead atoms. The number of benzene rings is 1. The van der Waals surface area contributed by atoms with E-state index in [1.807, 2.05) is 38.1 Å². The number of nitrogens with two attached hydrogens (primary N) is 1. The molecule has 0 aliphatic heterocycles. The lowest BCUT2D eigenvalue weighted by Gasteiger charge is -2.08. The van der Waals surface area contributed by atoms with E-state index in [0.717, 1.165) is 11.4 Å². The van der Waals surface area contributed by atoms with Crippen molar-refractivity contribution in [1.29, 1.82) is 0 Å². The Bertz CT molecular complexity index is 597. The fourth-order valence-corrected chi connectivity index (χ4v) is 1.78. The maximum atomic E-state index is 11.7. The van der Waals surface area contributed by atoms with E-state index in [1.54, 1.807) is 0 Å². The highest BCUT2D eigenvalue weighted by molar-refractivity contribution is 5.94. The Labute approximate surface area is 129 Å². The van der Waals surface area contributed by atoms with Crippen LogP contribution in [0.3, 0.4) is 0 Å². The van der Waals surface area contributed by atoms with Crippen LogP contribution in [0.5, 0.6) is 0 Å². The van der Waals surface area contributed by atoms with Gasteiger partial charge in [0, 0.05) is 24.4 Å². The minimum atomic E-state index is -0.112. The van der Waals surface area contributed by atoms with Crippen molar-refractivity contribution in [2.45, 2.75) is 26.2 Å². The molecule has 0 fully saturated rings. The predicted molar refractivity (Wildman–Crippen MR) is 85.5 cm³/mol. The first-order chi connectivity index (χ1) is 9.61. The number of halogens is 1. The molecule has 0 saturated heterocycles. The van der Waals surface area contributed by atoms with Crippen LogP contribution in [0.2, 0.25) is 0 Å². The summed E-state index contributed by atoms with van der Waals surface area (Å²) in [5.41, 5.74) is 6.87. The average Bonchev–Trinajstić information content (AvgIpc) is 2.89. The zero-order valence-electron chi connectivity index (χ0n) is 12.1. The van der Waals surface area contributed by atoms with Gasteiger partial charge >= 0.3 is 0 Å². The van der Waals surface area contributed by atoms with Crippen molar-refractivity contribution in [3.8, 4) is 11.4 Å². The van der Waals surface area contributed by atoms with E-state index < -0.39 is 0 Å². The van der Waals surface area contributed by atoms with E-state index >= 15 is 0 Å². The molecular formula is C14H20ClN5O. The van der Waals surface area contributed by atoms with Crippen LogP contribution in [0, 0.1) is 0 Å². The largest absolute Gasteiger partial charge is 0.330 e. The lowest BCUT2D eigenvalue weighted by Crippen LogP contribution is -2.16. The Hall–Kier alpha value is -1.92. The summed E-state index contributed by atoms with van der Waals surface area (Å²) in [6.07, 6.45) is 0.291. The highest BCUT2D eigenvalue weighted by atomic mass is 35.5. The Morgan fingerprint density at radius 2 is 2.10 bits per heavy atom. The van der Waals surface area contributed by atoms with Gasteiger partial charge in [-0.2, -0.15) is 5.10 Å². The summed E-state index contributed by atoms with van der Waals surface area (Å²) < 4.78 is 0. The van der Waals surface area contributed by atoms with Crippen LogP contribution in [-0.4, -0.2) is 27.6 Å². The molecule has 114 valence electrons. The van der Waals surface area contributed by atoms with Gasteiger partial charge in [0.1, 0.15) is 5.82 Å². The van der Waals surface area contributed by atoms with Crippen molar-refractivity contribution in [1.82, 2.24) is 15.2 Å². The molecule has 21 heavy (non-hydrogen) atoms. The summed E-state index contributed by atoms with van der Waals surface area (Å²) in [4.78, 5) is 16.1. The number of para-hydroxylation sites is 1. The van der Waals surface area contributed by atoms with Gasteiger partial charge in [-0.1, -0.05) is 26.0 Å². The van der Waals surface area contributed by atoms with Gasteiger partial charge in [-0.15, -0.1) is 12.4 Å².